The Balaban J connectivity index is 1.64. The van der Waals surface area contributed by atoms with Gasteiger partial charge >= 0.3 is 0 Å². The number of carbonyl (C=O) groups is 2. The summed E-state index contributed by atoms with van der Waals surface area (Å²) in [5.41, 5.74) is 0.619. The topological polar surface area (TPSA) is 49.9 Å². The molecule has 0 aromatic heterocycles. The standard InChI is InChI=1S/C17H21ClN2O3/c18-15-5-3-13(4-6-15)16(21)20-7-1-2-14(12-20)17(22)19-8-10-23-11-9-19/h3-6,14H,1-2,7-12H2. The Morgan fingerprint density at radius 2 is 1.74 bits per heavy atom. The Kier molecular flexibility index (Phi) is 5.18. The summed E-state index contributed by atoms with van der Waals surface area (Å²) >= 11 is 5.87. The first-order valence-corrected chi connectivity index (χ1v) is 8.44. The van der Waals surface area contributed by atoms with Gasteiger partial charge in [0.1, 0.15) is 0 Å². The summed E-state index contributed by atoms with van der Waals surface area (Å²) in [7, 11) is 0. The molecule has 0 aliphatic carbocycles. The van der Waals surface area contributed by atoms with E-state index in [-0.39, 0.29) is 17.7 Å². The van der Waals surface area contributed by atoms with Gasteiger partial charge in [0.05, 0.1) is 19.1 Å². The maximum Gasteiger partial charge on any atom is 0.253 e. The summed E-state index contributed by atoms with van der Waals surface area (Å²) in [6.07, 6.45) is 1.71. The fraction of sp³-hybridized carbons (Fsp3) is 0.529. The number of halogens is 1. The second-order valence-corrected chi connectivity index (χ2v) is 6.47. The molecule has 2 fully saturated rings. The lowest BCUT2D eigenvalue weighted by atomic mass is 9.95. The molecule has 3 rings (SSSR count). The third kappa shape index (κ3) is 3.85. The number of rotatable bonds is 2. The largest absolute Gasteiger partial charge is 0.378 e. The van der Waals surface area contributed by atoms with Crippen molar-refractivity contribution in [3.8, 4) is 0 Å². The molecule has 23 heavy (non-hydrogen) atoms. The average molecular weight is 337 g/mol. The molecule has 0 bridgehead atoms. The minimum atomic E-state index is -0.0990. The van der Waals surface area contributed by atoms with E-state index in [1.165, 1.54) is 0 Å². The number of benzene rings is 1. The number of nitrogens with zero attached hydrogens (tertiary/aromatic N) is 2. The minimum absolute atomic E-state index is 0.0267. The van der Waals surface area contributed by atoms with Gasteiger partial charge in [-0.3, -0.25) is 9.59 Å². The smallest absolute Gasteiger partial charge is 0.253 e. The van der Waals surface area contributed by atoms with Crippen molar-refractivity contribution in [2.24, 2.45) is 5.92 Å². The van der Waals surface area contributed by atoms with Crippen LogP contribution in [0.4, 0.5) is 0 Å². The van der Waals surface area contributed by atoms with Crippen LogP contribution in [0.2, 0.25) is 5.02 Å². The van der Waals surface area contributed by atoms with Gasteiger partial charge in [0.2, 0.25) is 5.91 Å². The van der Waals surface area contributed by atoms with Gasteiger partial charge in [0, 0.05) is 36.8 Å². The molecule has 2 aliphatic rings. The first kappa shape index (κ1) is 16.3. The van der Waals surface area contributed by atoms with Crippen molar-refractivity contribution in [3.63, 3.8) is 0 Å². The van der Waals surface area contributed by atoms with Crippen LogP contribution in [-0.2, 0) is 9.53 Å². The molecule has 5 nitrogen and oxygen atoms in total. The molecule has 0 N–H and O–H groups in total. The van der Waals surface area contributed by atoms with Gasteiger partial charge in [-0.25, -0.2) is 0 Å². The number of ether oxygens (including phenoxy) is 1. The van der Waals surface area contributed by atoms with E-state index in [1.54, 1.807) is 29.2 Å². The molecule has 0 radical (unpaired) electrons. The van der Waals surface area contributed by atoms with Gasteiger partial charge in [0.25, 0.3) is 5.91 Å². The quantitative estimate of drug-likeness (QED) is 0.830. The highest BCUT2D eigenvalue weighted by Gasteiger charge is 2.32. The number of hydrogen-bond donors (Lipinski definition) is 0. The van der Waals surface area contributed by atoms with Gasteiger partial charge in [-0.2, -0.15) is 0 Å². The lowest BCUT2D eigenvalue weighted by molar-refractivity contribution is -0.141. The number of piperidine rings is 1. The lowest BCUT2D eigenvalue weighted by Gasteiger charge is -2.36. The first-order valence-electron chi connectivity index (χ1n) is 8.06. The summed E-state index contributed by atoms with van der Waals surface area (Å²) in [6, 6.07) is 6.90. The van der Waals surface area contributed by atoms with Gasteiger partial charge in [-0.1, -0.05) is 11.6 Å². The van der Waals surface area contributed by atoms with Crippen LogP contribution in [0.25, 0.3) is 0 Å². The normalized spacial score (nSPS) is 22.0. The van der Waals surface area contributed by atoms with Crippen LogP contribution in [0.3, 0.4) is 0 Å². The number of morpholine rings is 1. The molecule has 124 valence electrons. The summed E-state index contributed by atoms with van der Waals surface area (Å²) in [5.74, 6) is 0.0288. The van der Waals surface area contributed by atoms with E-state index in [2.05, 4.69) is 0 Å². The third-order valence-corrected chi connectivity index (χ3v) is 4.72. The fourth-order valence-corrected chi connectivity index (χ4v) is 3.31. The molecular formula is C17H21ClN2O3. The maximum atomic E-state index is 12.6. The van der Waals surface area contributed by atoms with Crippen molar-refractivity contribution in [3.05, 3.63) is 34.9 Å². The number of amides is 2. The number of hydrogen-bond acceptors (Lipinski definition) is 3. The van der Waals surface area contributed by atoms with Gasteiger partial charge in [-0.15, -0.1) is 0 Å². The van der Waals surface area contributed by atoms with Crippen molar-refractivity contribution in [2.75, 3.05) is 39.4 Å². The molecule has 0 saturated carbocycles. The molecule has 1 atom stereocenters. The zero-order valence-electron chi connectivity index (χ0n) is 13.0. The summed E-state index contributed by atoms with van der Waals surface area (Å²) in [6.45, 7) is 3.71. The number of carbonyl (C=O) groups excluding carboxylic acids is 2. The van der Waals surface area contributed by atoms with Crippen LogP contribution in [0.5, 0.6) is 0 Å². The van der Waals surface area contributed by atoms with Crippen LogP contribution >= 0.6 is 11.6 Å². The Morgan fingerprint density at radius 3 is 2.43 bits per heavy atom. The Morgan fingerprint density at radius 1 is 1.04 bits per heavy atom. The van der Waals surface area contributed by atoms with Crippen molar-refractivity contribution in [1.82, 2.24) is 9.80 Å². The molecule has 6 heteroatoms. The van der Waals surface area contributed by atoms with Crippen molar-refractivity contribution < 1.29 is 14.3 Å². The van der Waals surface area contributed by atoms with Gasteiger partial charge < -0.3 is 14.5 Å². The highest BCUT2D eigenvalue weighted by molar-refractivity contribution is 6.30. The third-order valence-electron chi connectivity index (χ3n) is 4.47. The molecule has 2 amide bonds. The van der Waals surface area contributed by atoms with Gasteiger partial charge in [0.15, 0.2) is 0 Å². The summed E-state index contributed by atoms with van der Waals surface area (Å²) in [4.78, 5) is 28.9. The van der Waals surface area contributed by atoms with E-state index < -0.39 is 0 Å². The molecule has 1 aromatic rings. The lowest BCUT2D eigenvalue weighted by Crippen LogP contribution is -2.49. The van der Waals surface area contributed by atoms with E-state index in [9.17, 15) is 9.59 Å². The van der Waals surface area contributed by atoms with Crippen LogP contribution < -0.4 is 0 Å². The fourth-order valence-electron chi connectivity index (χ4n) is 3.18. The average Bonchev–Trinajstić information content (AvgIpc) is 2.62. The predicted octanol–water partition coefficient (Wildman–Crippen LogP) is 2.05. The Hall–Kier alpha value is -1.59. The molecule has 0 spiro atoms. The second-order valence-electron chi connectivity index (χ2n) is 6.03. The molecule has 2 heterocycles. The molecule has 2 aliphatic heterocycles. The maximum absolute atomic E-state index is 12.6. The predicted molar refractivity (Wildman–Crippen MR) is 87.5 cm³/mol. The zero-order chi connectivity index (χ0) is 16.2. The van der Waals surface area contributed by atoms with Crippen LogP contribution in [0.1, 0.15) is 23.2 Å². The SMILES string of the molecule is O=C(c1ccc(Cl)cc1)N1CCCC(C(=O)N2CCOCC2)C1. The highest BCUT2D eigenvalue weighted by Crippen LogP contribution is 2.22. The Labute approximate surface area is 141 Å². The van der Waals surface area contributed by atoms with E-state index in [0.29, 0.717) is 50.0 Å². The van der Waals surface area contributed by atoms with Crippen LogP contribution in [-0.4, -0.2) is 61.0 Å². The van der Waals surface area contributed by atoms with E-state index in [1.807, 2.05) is 4.90 Å². The highest BCUT2D eigenvalue weighted by atomic mass is 35.5. The summed E-state index contributed by atoms with van der Waals surface area (Å²) in [5, 5.41) is 0.612. The molecule has 2 saturated heterocycles. The van der Waals surface area contributed by atoms with Crippen molar-refractivity contribution in [1.29, 1.82) is 0 Å². The summed E-state index contributed by atoms with van der Waals surface area (Å²) < 4.78 is 5.29. The van der Waals surface area contributed by atoms with E-state index in [0.717, 1.165) is 12.8 Å². The molecule has 1 unspecified atom stereocenters. The number of likely N-dealkylation sites (tertiary alicyclic amines) is 1. The molecular weight excluding hydrogens is 316 g/mol. The van der Waals surface area contributed by atoms with E-state index >= 15 is 0 Å². The van der Waals surface area contributed by atoms with Crippen LogP contribution in [0.15, 0.2) is 24.3 Å². The second kappa shape index (κ2) is 7.32. The monoisotopic (exact) mass is 336 g/mol. The zero-order valence-corrected chi connectivity index (χ0v) is 13.8. The first-order chi connectivity index (χ1) is 11.1. The Bertz CT molecular complexity index is 570. The van der Waals surface area contributed by atoms with Crippen molar-refractivity contribution >= 4 is 23.4 Å². The minimum Gasteiger partial charge on any atom is -0.378 e. The van der Waals surface area contributed by atoms with E-state index in [4.69, 9.17) is 16.3 Å². The van der Waals surface area contributed by atoms with Crippen molar-refractivity contribution in [2.45, 2.75) is 12.8 Å². The van der Waals surface area contributed by atoms with Gasteiger partial charge in [-0.05, 0) is 37.1 Å². The van der Waals surface area contributed by atoms with Crippen LogP contribution in [0, 0.1) is 5.92 Å². The molecule has 1 aromatic carbocycles.